The summed E-state index contributed by atoms with van der Waals surface area (Å²) < 4.78 is 118. The van der Waals surface area contributed by atoms with E-state index in [1.54, 1.807) is 0 Å². The van der Waals surface area contributed by atoms with Crippen LogP contribution in [0.4, 0.5) is 8.78 Å². The molecule has 0 aliphatic carbocycles. The second-order valence-electron chi connectivity index (χ2n) is 5.84. The quantitative estimate of drug-likeness (QED) is 0.691. The Balaban J connectivity index is 1.93. The lowest BCUT2D eigenvalue weighted by molar-refractivity contribution is 0.0389. The lowest BCUT2D eigenvalue weighted by Gasteiger charge is -2.36. The van der Waals surface area contributed by atoms with Crippen molar-refractivity contribution in [1.29, 1.82) is 0 Å². The summed E-state index contributed by atoms with van der Waals surface area (Å²) in [6.07, 6.45) is -11.2. The fraction of sp³-hybridized carbons (Fsp3) is 0.429. The van der Waals surface area contributed by atoms with E-state index in [1.807, 2.05) is 0 Å². The van der Waals surface area contributed by atoms with Crippen LogP contribution in [0.3, 0.4) is 0 Å². The molecule has 1 saturated heterocycles. The predicted molar refractivity (Wildman–Crippen MR) is 102 cm³/mol. The molecule has 0 saturated carbocycles. The Bertz CT molecular complexity index is 1220. The Morgan fingerprint density at radius 1 is 1.48 bits per heavy atom. The third-order valence-corrected chi connectivity index (χ3v) is 4.17. The van der Waals surface area contributed by atoms with E-state index in [1.165, 1.54) is 0 Å². The molecule has 2 heterocycles. The molecule has 2 aromatic rings. The van der Waals surface area contributed by atoms with Crippen molar-refractivity contribution in [2.45, 2.75) is 44.5 Å². The number of alkyl halides is 1. The number of benzene rings is 1. The van der Waals surface area contributed by atoms with Crippen molar-refractivity contribution in [3.63, 3.8) is 0 Å². The van der Waals surface area contributed by atoms with Crippen LogP contribution in [0.25, 0.3) is 0 Å². The van der Waals surface area contributed by atoms with Crippen LogP contribution < -0.4 is 0 Å². The summed E-state index contributed by atoms with van der Waals surface area (Å²) in [4.78, 5) is 17.1. The summed E-state index contributed by atoms with van der Waals surface area (Å²) in [5.41, 5.74) is -4.55. The Hall–Kier alpha value is -2.01. The number of halogens is 3. The van der Waals surface area contributed by atoms with E-state index in [0.29, 0.717) is 4.90 Å². The Kier molecular flexibility index (Phi) is 3.08. The van der Waals surface area contributed by atoms with Crippen LogP contribution in [0.5, 0.6) is 0 Å². The first-order valence-electron chi connectivity index (χ1n) is 13.5. The molecule has 6 heteroatoms. The maximum Gasteiger partial charge on any atom is 0.253 e. The van der Waals surface area contributed by atoms with E-state index in [-0.39, 0.29) is 11.1 Å². The molecule has 0 N–H and O–H groups in total. The molecule has 0 spiro atoms. The zero-order valence-corrected chi connectivity index (χ0v) is 14.8. The highest BCUT2D eigenvalue weighted by atomic mass is 35.5. The highest BCUT2D eigenvalue weighted by Gasteiger charge is 2.35. The van der Waals surface area contributed by atoms with Crippen molar-refractivity contribution in [3.8, 4) is 0 Å². The Morgan fingerprint density at radius 2 is 2.33 bits per heavy atom. The first kappa shape index (κ1) is 9.97. The number of pyridine rings is 1. The number of carbonyl (C=O) groups is 1. The van der Waals surface area contributed by atoms with Crippen molar-refractivity contribution in [2.24, 2.45) is 0 Å². The molecule has 27 heavy (non-hydrogen) atoms. The van der Waals surface area contributed by atoms with Gasteiger partial charge in [0.2, 0.25) is 0 Å². The van der Waals surface area contributed by atoms with E-state index in [0.717, 1.165) is 36.5 Å². The van der Waals surface area contributed by atoms with Gasteiger partial charge >= 0.3 is 0 Å². The minimum atomic E-state index is -3.68. The number of rotatable bonds is 5. The number of nitrogens with zero attached hydrogens (tertiary/aromatic N) is 2. The SMILES string of the molecule is [2H]C([2H])([2H])c1ccc(C([2H])([2H])CC([2H])([2H])C2(F)CCN(C(=O)c3ccc(F)c(Cl)c3)C([2H])([2H])C2([2H])[2H])nc1. The van der Waals surface area contributed by atoms with Gasteiger partial charge in [0.25, 0.3) is 5.91 Å². The van der Waals surface area contributed by atoms with Gasteiger partial charge in [0, 0.05) is 45.6 Å². The molecule has 1 fully saturated rings. The van der Waals surface area contributed by atoms with Gasteiger partial charge in [-0.15, -0.1) is 0 Å². The molecule has 1 amide bonds. The van der Waals surface area contributed by atoms with Crippen molar-refractivity contribution < 1.29 is 28.7 Å². The summed E-state index contributed by atoms with van der Waals surface area (Å²) in [7, 11) is 0. The van der Waals surface area contributed by atoms with Gasteiger partial charge in [-0.25, -0.2) is 8.78 Å². The monoisotopic (exact) mass is 403 g/mol. The normalized spacial score (nSPS) is 31.2. The van der Waals surface area contributed by atoms with Crippen LogP contribution in [0.15, 0.2) is 36.5 Å². The predicted octanol–water partition coefficient (Wildman–Crippen LogP) is 5.15. The Labute approximate surface area is 178 Å². The number of carbonyl (C=O) groups excluding carboxylic acids is 1. The van der Waals surface area contributed by atoms with E-state index < -0.39 is 80.0 Å². The van der Waals surface area contributed by atoms with Gasteiger partial charge in [0.05, 0.1) is 5.02 Å². The molecule has 144 valence electrons. The summed E-state index contributed by atoms with van der Waals surface area (Å²) in [5, 5.41) is -0.449. The van der Waals surface area contributed by atoms with Gasteiger partial charge in [-0.05, 0) is 68.6 Å². The maximum absolute atomic E-state index is 16.4. The second kappa shape index (κ2) is 8.34. The van der Waals surface area contributed by atoms with Gasteiger partial charge in [0.1, 0.15) is 11.5 Å². The minimum Gasteiger partial charge on any atom is -0.338 e. The standard InChI is InChI=1S/C21H23ClF2N2O/c1-15-4-6-17(25-14-15)3-2-8-21(24)9-11-26(12-10-21)20(27)16-5-7-19(23)18(22)13-16/h4-7,13-14H,2-3,8-12H2,1H3/i1D3,3D2,8D2,9D2,11D2. The van der Waals surface area contributed by atoms with Crippen molar-refractivity contribution in [3.05, 3.63) is 64.2 Å². The van der Waals surface area contributed by atoms with Gasteiger partial charge < -0.3 is 4.90 Å². The third kappa shape index (κ3) is 5.04. The smallest absolute Gasteiger partial charge is 0.253 e. The molecule has 1 aliphatic rings. The molecule has 0 bridgehead atoms. The average molecular weight is 404 g/mol. The molecule has 3 nitrogen and oxygen atoms in total. The first-order valence-corrected chi connectivity index (χ1v) is 8.39. The molecular weight excluding hydrogens is 370 g/mol. The number of aryl methyl sites for hydroxylation is 2. The lowest BCUT2D eigenvalue weighted by atomic mass is 9.87. The van der Waals surface area contributed by atoms with Crippen LogP contribution in [-0.2, 0) is 6.37 Å². The van der Waals surface area contributed by atoms with Gasteiger partial charge in [-0.2, -0.15) is 0 Å². The number of piperidine rings is 1. The fourth-order valence-corrected chi connectivity index (χ4v) is 2.56. The fourth-order valence-electron chi connectivity index (χ4n) is 2.38. The van der Waals surface area contributed by atoms with Crippen LogP contribution in [0, 0.1) is 12.7 Å². The van der Waals surface area contributed by atoms with Gasteiger partial charge in [-0.3, -0.25) is 9.78 Å². The molecule has 1 atom stereocenters. The van der Waals surface area contributed by atoms with E-state index in [9.17, 15) is 9.18 Å². The van der Waals surface area contributed by atoms with Gasteiger partial charge in [0.15, 0.2) is 0 Å². The third-order valence-electron chi connectivity index (χ3n) is 3.88. The molecule has 1 aromatic carbocycles. The lowest BCUT2D eigenvalue weighted by Crippen LogP contribution is -2.44. The zero-order chi connectivity index (χ0) is 29.1. The highest BCUT2D eigenvalue weighted by molar-refractivity contribution is 6.31. The summed E-state index contributed by atoms with van der Waals surface area (Å²) in [6, 6.07) is 4.82. The Morgan fingerprint density at radius 3 is 3.04 bits per heavy atom. The summed E-state index contributed by atoms with van der Waals surface area (Å²) >= 11 is 5.68. The number of likely N-dealkylation sites (tertiary alicyclic amines) is 1. The number of aromatic nitrogens is 1. The molecule has 1 aromatic heterocycles. The minimum absolute atomic E-state index is 0.203. The van der Waals surface area contributed by atoms with E-state index in [4.69, 9.17) is 26.7 Å². The van der Waals surface area contributed by atoms with Crippen LogP contribution in [0.1, 0.15) is 62.3 Å². The summed E-state index contributed by atoms with van der Waals surface area (Å²) in [5.74, 6) is -1.98. The number of hydrogen-bond donors (Lipinski definition) is 0. The molecule has 3 rings (SSSR count). The average Bonchev–Trinajstić information content (AvgIpc) is 2.78. The highest BCUT2D eigenvalue weighted by Crippen LogP contribution is 2.32. The van der Waals surface area contributed by atoms with Crippen molar-refractivity contribution in [1.82, 2.24) is 9.88 Å². The van der Waals surface area contributed by atoms with Crippen molar-refractivity contribution >= 4 is 17.5 Å². The topological polar surface area (TPSA) is 33.2 Å². The molecule has 1 unspecified atom stereocenters. The maximum atomic E-state index is 16.4. The van der Waals surface area contributed by atoms with E-state index >= 15 is 4.39 Å². The molecular formula is C21H23ClF2N2O. The number of amides is 1. The summed E-state index contributed by atoms with van der Waals surface area (Å²) in [6.45, 7) is -6.73. The zero-order valence-electron chi connectivity index (χ0n) is 25.0. The van der Waals surface area contributed by atoms with Crippen molar-refractivity contribution in [2.75, 3.05) is 13.0 Å². The molecule has 0 radical (unpaired) electrons. The largest absolute Gasteiger partial charge is 0.338 e. The van der Waals surface area contributed by atoms with Crippen LogP contribution in [-0.4, -0.2) is 34.5 Å². The van der Waals surface area contributed by atoms with Crippen LogP contribution in [0.2, 0.25) is 5.02 Å². The molecule has 1 aliphatic heterocycles. The van der Waals surface area contributed by atoms with Crippen LogP contribution >= 0.6 is 11.6 Å². The first-order chi connectivity index (χ1) is 17.1. The second-order valence-corrected chi connectivity index (χ2v) is 6.24. The van der Waals surface area contributed by atoms with Gasteiger partial charge in [-0.1, -0.05) is 17.7 Å². The number of hydrogen-bond acceptors (Lipinski definition) is 2. The van der Waals surface area contributed by atoms with E-state index in [2.05, 4.69) is 4.98 Å².